The average molecular weight is 897 g/mol. The molecule has 3 fully saturated rings. The van der Waals surface area contributed by atoms with E-state index in [9.17, 15) is 47.7 Å². The first-order valence-electron chi connectivity index (χ1n) is 20.5. The number of fused-ring (bicyclic) bond motifs is 1. The zero-order valence-electron chi connectivity index (χ0n) is 34.1. The van der Waals surface area contributed by atoms with Crippen molar-refractivity contribution >= 4 is 52.0 Å². The number of piperazine rings is 1. The summed E-state index contributed by atoms with van der Waals surface area (Å²) >= 11 is 6.57. The summed E-state index contributed by atoms with van der Waals surface area (Å²) in [6.45, 7) is 4.60. The standard InChI is InChI=1S/C41H45ClF3N11O7/c1-52-32(27-19-55(51-36(27)41(43,44)45)34-5-4-29-30(50-34)15-31(49-29)33(58)22-57)18-47-37(52)38(61)48-25-2-3-26(28(42)14-25)40(63)54-10-8-53(9-11-54)39(62)24-6-12-56(13-7-24,21-35(59)60)20-23-16-46-17-23/h2-5,14-15,18-19,23-24,33,46,57-58H,6-13,16-17,20-22H2,1H3,(H2-,48,49,50,59,60,61,63)/p+1/t24?,33-,56?/m0/s1. The lowest BCUT2D eigenvalue weighted by molar-refractivity contribution is -0.929. The Kier molecular flexibility index (Phi) is 12.1. The number of imidazole rings is 1. The maximum absolute atomic E-state index is 14.4. The van der Waals surface area contributed by atoms with Gasteiger partial charge in [-0.15, -0.1) is 0 Å². The summed E-state index contributed by atoms with van der Waals surface area (Å²) in [6, 6.07) is 8.78. The monoisotopic (exact) mass is 896 g/mol. The topological polar surface area (TPSA) is 224 Å². The SMILES string of the molecule is Cn1c(-c2cn(-c3ccc4[nH]c([C@@H](O)CO)cc4n3)nc2C(F)(F)F)cnc1C(=O)Nc1ccc(C(=O)N2CCN(C(=O)C3CC[N+](CC(=O)O)(CC4CNC4)CC3)CC2)c(Cl)c1. The van der Waals surface area contributed by atoms with Crippen molar-refractivity contribution in [1.82, 2.24) is 44.4 Å². The Morgan fingerprint density at radius 1 is 1.03 bits per heavy atom. The third-order valence-electron chi connectivity index (χ3n) is 12.3. The van der Waals surface area contributed by atoms with E-state index in [1.807, 2.05) is 0 Å². The molecule has 334 valence electrons. The lowest BCUT2D eigenvalue weighted by atomic mass is 9.90. The molecule has 0 saturated carbocycles. The van der Waals surface area contributed by atoms with E-state index < -0.39 is 36.5 Å². The Bertz CT molecular complexity index is 2560. The van der Waals surface area contributed by atoms with Gasteiger partial charge in [-0.05, 0) is 36.4 Å². The highest BCUT2D eigenvalue weighted by molar-refractivity contribution is 6.34. The first-order chi connectivity index (χ1) is 30.0. The zero-order chi connectivity index (χ0) is 44.8. The van der Waals surface area contributed by atoms with Crippen LogP contribution in [-0.2, 0) is 22.8 Å². The molecule has 3 aliphatic rings. The molecule has 1 aromatic carbocycles. The number of hydrogen-bond acceptors (Lipinski definition) is 10. The number of rotatable bonds is 12. The molecule has 5 aromatic rings. The van der Waals surface area contributed by atoms with Gasteiger partial charge in [-0.3, -0.25) is 14.4 Å². The fraction of sp³-hybridized carbons (Fsp3) is 0.439. The number of piperidine rings is 1. The van der Waals surface area contributed by atoms with Crippen LogP contribution >= 0.6 is 11.6 Å². The number of likely N-dealkylation sites (tertiary alicyclic amines) is 1. The number of anilines is 1. The van der Waals surface area contributed by atoms with E-state index in [1.165, 1.54) is 41.9 Å². The summed E-state index contributed by atoms with van der Waals surface area (Å²) in [4.78, 5) is 67.0. The number of H-pyrrole nitrogens is 1. The summed E-state index contributed by atoms with van der Waals surface area (Å²) in [5.41, 5.74) is -0.220. The van der Waals surface area contributed by atoms with Crippen LogP contribution < -0.4 is 10.6 Å². The molecular weight excluding hydrogens is 851 g/mol. The van der Waals surface area contributed by atoms with Crippen LogP contribution in [0.5, 0.6) is 0 Å². The van der Waals surface area contributed by atoms with Gasteiger partial charge in [0.25, 0.3) is 11.8 Å². The van der Waals surface area contributed by atoms with Gasteiger partial charge in [0.05, 0.1) is 65.3 Å². The molecule has 0 radical (unpaired) electrons. The first kappa shape index (κ1) is 43.8. The molecular formula is C41H46ClF3N11O7+. The number of alkyl halides is 3. The molecule has 4 aromatic heterocycles. The number of carboxylic acid groups (broad SMARTS) is 1. The molecule has 3 aliphatic heterocycles. The summed E-state index contributed by atoms with van der Waals surface area (Å²) < 4.78 is 45.7. The van der Waals surface area contributed by atoms with Gasteiger partial charge < -0.3 is 49.8 Å². The lowest BCUT2D eigenvalue weighted by Gasteiger charge is -2.46. The van der Waals surface area contributed by atoms with E-state index in [0.29, 0.717) is 60.5 Å². The molecule has 0 spiro atoms. The first-order valence-corrected chi connectivity index (χ1v) is 20.8. The van der Waals surface area contributed by atoms with E-state index in [0.717, 1.165) is 36.7 Å². The maximum Gasteiger partial charge on any atom is 0.435 e. The molecule has 63 heavy (non-hydrogen) atoms. The van der Waals surface area contributed by atoms with Crippen molar-refractivity contribution in [3.05, 3.63) is 76.6 Å². The number of hydrogen-bond donors (Lipinski definition) is 6. The van der Waals surface area contributed by atoms with Crippen LogP contribution in [0, 0.1) is 11.8 Å². The van der Waals surface area contributed by atoms with Gasteiger partial charge in [0.1, 0.15) is 6.10 Å². The number of aromatic nitrogens is 6. The predicted octanol–water partition coefficient (Wildman–Crippen LogP) is 2.91. The maximum atomic E-state index is 14.4. The third kappa shape index (κ3) is 9.01. The Hall–Kier alpha value is -5.87. The minimum atomic E-state index is -4.90. The van der Waals surface area contributed by atoms with Crippen molar-refractivity contribution in [3.63, 3.8) is 0 Å². The van der Waals surface area contributed by atoms with Crippen molar-refractivity contribution in [2.24, 2.45) is 18.9 Å². The number of carboxylic acids is 1. The highest BCUT2D eigenvalue weighted by atomic mass is 35.5. The van der Waals surface area contributed by atoms with Crippen molar-refractivity contribution in [2.75, 3.05) is 77.4 Å². The van der Waals surface area contributed by atoms with E-state index in [-0.39, 0.29) is 82.2 Å². The van der Waals surface area contributed by atoms with E-state index >= 15 is 0 Å². The largest absolute Gasteiger partial charge is 0.477 e. The minimum absolute atomic E-state index is 0.0226. The van der Waals surface area contributed by atoms with Gasteiger partial charge in [0.15, 0.2) is 23.9 Å². The number of aromatic amines is 1. The second-order valence-corrected chi connectivity index (χ2v) is 16.9. The van der Waals surface area contributed by atoms with Gasteiger partial charge in [-0.2, -0.15) is 18.3 Å². The number of quaternary nitrogens is 1. The Morgan fingerprint density at radius 3 is 2.38 bits per heavy atom. The number of benzene rings is 1. The van der Waals surface area contributed by atoms with Crippen LogP contribution in [0.2, 0.25) is 5.02 Å². The summed E-state index contributed by atoms with van der Waals surface area (Å²) in [6.07, 6.45) is -2.62. The lowest BCUT2D eigenvalue weighted by Crippen LogP contribution is -2.62. The van der Waals surface area contributed by atoms with Crippen LogP contribution in [0.15, 0.2) is 48.8 Å². The molecule has 0 aliphatic carbocycles. The molecule has 3 amide bonds. The number of nitrogens with one attached hydrogen (secondary N) is 3. The van der Waals surface area contributed by atoms with Gasteiger partial charge in [0, 0.05) is 88.6 Å². The van der Waals surface area contributed by atoms with Crippen LogP contribution in [0.1, 0.15) is 51.3 Å². The molecule has 8 rings (SSSR count). The number of nitrogens with zero attached hydrogens (tertiary/aromatic N) is 8. The highest BCUT2D eigenvalue weighted by Crippen LogP contribution is 2.37. The Balaban J connectivity index is 0.892. The number of halogens is 4. The van der Waals surface area contributed by atoms with Crippen molar-refractivity contribution < 1.29 is 52.2 Å². The van der Waals surface area contributed by atoms with Crippen LogP contribution in [0.3, 0.4) is 0 Å². The number of aliphatic carboxylic acids is 1. The summed E-state index contributed by atoms with van der Waals surface area (Å²) in [5.74, 6) is -1.87. The minimum Gasteiger partial charge on any atom is -0.477 e. The normalized spacial score (nSPS) is 20.1. The number of pyridine rings is 1. The highest BCUT2D eigenvalue weighted by Gasteiger charge is 2.43. The zero-order valence-corrected chi connectivity index (χ0v) is 34.9. The second kappa shape index (κ2) is 17.4. The van der Waals surface area contributed by atoms with Gasteiger partial charge in [-0.25, -0.2) is 19.4 Å². The fourth-order valence-corrected chi connectivity index (χ4v) is 9.04. The summed E-state index contributed by atoms with van der Waals surface area (Å²) in [7, 11) is 1.38. The smallest absolute Gasteiger partial charge is 0.435 e. The van der Waals surface area contributed by atoms with Crippen molar-refractivity contribution in [2.45, 2.75) is 25.1 Å². The van der Waals surface area contributed by atoms with Crippen LogP contribution in [-0.4, -0.2) is 155 Å². The quantitative estimate of drug-likeness (QED) is 0.1000. The second-order valence-electron chi connectivity index (χ2n) is 16.5. The van der Waals surface area contributed by atoms with Crippen molar-refractivity contribution in [3.8, 4) is 17.1 Å². The average Bonchev–Trinajstić information content (AvgIpc) is 3.98. The van der Waals surface area contributed by atoms with Gasteiger partial charge >= 0.3 is 12.1 Å². The van der Waals surface area contributed by atoms with Crippen LogP contribution in [0.25, 0.3) is 28.1 Å². The number of carbonyl (C=O) groups excluding carboxylic acids is 3. The molecule has 18 nitrogen and oxygen atoms in total. The molecule has 3 saturated heterocycles. The molecule has 6 N–H and O–H groups in total. The van der Waals surface area contributed by atoms with Crippen molar-refractivity contribution in [1.29, 1.82) is 0 Å². The Labute approximate surface area is 362 Å². The number of carbonyl (C=O) groups is 4. The summed E-state index contributed by atoms with van der Waals surface area (Å²) in [5, 5.41) is 38.6. The number of aliphatic hydroxyl groups is 2. The van der Waals surface area contributed by atoms with E-state index in [2.05, 4.69) is 30.7 Å². The molecule has 0 unspecified atom stereocenters. The Morgan fingerprint density at radius 2 is 1.75 bits per heavy atom. The fourth-order valence-electron chi connectivity index (χ4n) is 8.77. The van der Waals surface area contributed by atoms with Gasteiger partial charge in [-0.1, -0.05) is 11.6 Å². The van der Waals surface area contributed by atoms with E-state index in [4.69, 9.17) is 11.6 Å². The number of amides is 3. The van der Waals surface area contributed by atoms with Crippen LogP contribution in [0.4, 0.5) is 18.9 Å². The number of aliphatic hydroxyl groups excluding tert-OH is 2. The predicted molar refractivity (Wildman–Crippen MR) is 221 cm³/mol. The molecule has 22 heteroatoms. The molecule has 0 bridgehead atoms. The van der Waals surface area contributed by atoms with E-state index in [1.54, 1.807) is 15.9 Å². The third-order valence-corrected chi connectivity index (χ3v) is 12.6. The van der Waals surface area contributed by atoms with Gasteiger partial charge in [0.2, 0.25) is 5.91 Å². The molecule has 1 atom stereocenters. The molecule has 7 heterocycles.